The first-order chi connectivity index (χ1) is 11.8. The summed E-state index contributed by atoms with van der Waals surface area (Å²) in [6, 6.07) is 26.3. The molecule has 0 fully saturated rings. The molecule has 2 heterocycles. The summed E-state index contributed by atoms with van der Waals surface area (Å²) in [5.41, 5.74) is 4.34. The number of nitrogens with zero attached hydrogens (tertiary/aromatic N) is 2. The van der Waals surface area contributed by atoms with Crippen molar-refractivity contribution < 1.29 is 4.79 Å². The monoisotopic (exact) mass is 312 g/mol. The van der Waals surface area contributed by atoms with Gasteiger partial charge in [-0.15, -0.1) is 0 Å². The van der Waals surface area contributed by atoms with Gasteiger partial charge in [-0.1, -0.05) is 60.7 Å². The van der Waals surface area contributed by atoms with E-state index in [9.17, 15) is 4.79 Å². The molecule has 0 aromatic heterocycles. The zero-order valence-electron chi connectivity index (χ0n) is 13.3. The highest BCUT2D eigenvalue weighted by Gasteiger charge is 2.58. The van der Waals surface area contributed by atoms with Crippen molar-refractivity contribution in [1.82, 2.24) is 0 Å². The second-order valence-corrected chi connectivity index (χ2v) is 6.27. The Balaban J connectivity index is 1.91. The van der Waals surface area contributed by atoms with E-state index >= 15 is 0 Å². The zero-order valence-corrected chi connectivity index (χ0v) is 13.3. The topological polar surface area (TPSA) is 23.6 Å². The highest BCUT2D eigenvalue weighted by atomic mass is 16.2. The molecule has 0 saturated heterocycles. The first kappa shape index (κ1) is 13.4. The van der Waals surface area contributed by atoms with Crippen molar-refractivity contribution in [2.75, 3.05) is 16.8 Å². The van der Waals surface area contributed by atoms with Crippen LogP contribution in [0.25, 0.3) is 0 Å². The molecular formula is C21H16N2O. The second kappa shape index (κ2) is 4.48. The predicted octanol–water partition coefficient (Wildman–Crippen LogP) is 4.00. The minimum Gasteiger partial charge on any atom is -0.342 e. The normalized spacial score (nSPS) is 20.8. The van der Waals surface area contributed by atoms with Crippen LogP contribution < -0.4 is 9.80 Å². The molecule has 3 heteroatoms. The highest BCUT2D eigenvalue weighted by molar-refractivity contribution is 6.17. The van der Waals surface area contributed by atoms with Crippen LogP contribution >= 0.6 is 0 Å². The van der Waals surface area contributed by atoms with Gasteiger partial charge in [0.05, 0.1) is 11.4 Å². The third-order valence-corrected chi connectivity index (χ3v) is 5.21. The molecule has 0 aliphatic carbocycles. The van der Waals surface area contributed by atoms with Crippen LogP contribution in [0.3, 0.4) is 0 Å². The van der Waals surface area contributed by atoms with Gasteiger partial charge in [-0.25, -0.2) is 0 Å². The molecule has 0 radical (unpaired) electrons. The van der Waals surface area contributed by atoms with E-state index in [-0.39, 0.29) is 5.91 Å². The van der Waals surface area contributed by atoms with Crippen LogP contribution in [0.4, 0.5) is 11.4 Å². The maximum atomic E-state index is 13.3. The van der Waals surface area contributed by atoms with E-state index in [4.69, 9.17) is 0 Å². The molecule has 0 saturated carbocycles. The van der Waals surface area contributed by atoms with Crippen molar-refractivity contribution in [3.05, 3.63) is 95.6 Å². The molecule has 3 nitrogen and oxygen atoms in total. The van der Waals surface area contributed by atoms with Crippen molar-refractivity contribution in [1.29, 1.82) is 0 Å². The second-order valence-electron chi connectivity index (χ2n) is 6.27. The van der Waals surface area contributed by atoms with Gasteiger partial charge in [0, 0.05) is 23.7 Å². The van der Waals surface area contributed by atoms with Crippen molar-refractivity contribution in [3.8, 4) is 0 Å². The zero-order chi connectivity index (χ0) is 16.3. The van der Waals surface area contributed by atoms with Crippen LogP contribution in [0.5, 0.6) is 0 Å². The van der Waals surface area contributed by atoms with Crippen LogP contribution in [0.15, 0.2) is 78.9 Å². The average Bonchev–Trinajstić information content (AvgIpc) is 3.07. The Hall–Kier alpha value is -3.07. The Kier molecular flexibility index (Phi) is 2.50. The Morgan fingerprint density at radius 2 is 1.38 bits per heavy atom. The molecule has 1 unspecified atom stereocenters. The SMILES string of the molecule is CN1c2ccccc2N2C(=O)c3ccccc3C12c1ccccc1. The van der Waals surface area contributed by atoms with E-state index in [2.05, 4.69) is 36.2 Å². The number of rotatable bonds is 1. The molecule has 5 rings (SSSR count). The molecule has 0 N–H and O–H groups in total. The van der Waals surface area contributed by atoms with Crippen LogP contribution in [0.2, 0.25) is 0 Å². The maximum absolute atomic E-state index is 13.3. The predicted molar refractivity (Wildman–Crippen MR) is 95.3 cm³/mol. The van der Waals surface area contributed by atoms with E-state index in [1.54, 1.807) is 0 Å². The van der Waals surface area contributed by atoms with Crippen molar-refractivity contribution in [2.24, 2.45) is 0 Å². The van der Waals surface area contributed by atoms with Gasteiger partial charge in [-0.3, -0.25) is 9.69 Å². The fraction of sp³-hybridized carbons (Fsp3) is 0.0952. The van der Waals surface area contributed by atoms with Crippen LogP contribution in [0, 0.1) is 0 Å². The summed E-state index contributed by atoms with van der Waals surface area (Å²) in [5.74, 6) is 0.0613. The molecule has 2 aliphatic heterocycles. The van der Waals surface area contributed by atoms with E-state index < -0.39 is 5.66 Å². The Labute approximate surface area is 140 Å². The third-order valence-electron chi connectivity index (χ3n) is 5.21. The lowest BCUT2D eigenvalue weighted by atomic mass is 9.90. The molecule has 116 valence electrons. The number of hydrogen-bond donors (Lipinski definition) is 0. The lowest BCUT2D eigenvalue weighted by Gasteiger charge is -2.39. The minimum absolute atomic E-state index is 0.0613. The number of fused-ring (bicyclic) bond motifs is 5. The standard InChI is InChI=1S/C21H16N2O/c1-22-18-13-7-8-14-19(18)23-20(24)16-11-5-6-12-17(16)21(22,23)15-9-3-2-4-10-15/h2-14H,1H3. The summed E-state index contributed by atoms with van der Waals surface area (Å²) in [4.78, 5) is 17.4. The number of hydrogen-bond acceptors (Lipinski definition) is 2. The number of carbonyl (C=O) groups is 1. The molecule has 0 spiro atoms. The summed E-state index contributed by atoms with van der Waals surface area (Å²) in [7, 11) is 2.07. The van der Waals surface area contributed by atoms with Gasteiger partial charge in [-0.05, 0) is 18.2 Å². The van der Waals surface area contributed by atoms with Crippen molar-refractivity contribution in [3.63, 3.8) is 0 Å². The number of benzene rings is 3. The fourth-order valence-electron chi connectivity index (χ4n) is 4.24. The van der Waals surface area contributed by atoms with E-state index in [1.807, 2.05) is 59.5 Å². The van der Waals surface area contributed by atoms with Crippen LogP contribution in [0.1, 0.15) is 21.5 Å². The van der Waals surface area contributed by atoms with E-state index in [1.165, 1.54) is 0 Å². The number of anilines is 2. The minimum atomic E-state index is -0.612. The molecule has 24 heavy (non-hydrogen) atoms. The lowest BCUT2D eigenvalue weighted by Crippen LogP contribution is -2.51. The molecule has 0 bridgehead atoms. The molecule has 2 aliphatic rings. The molecule has 1 atom stereocenters. The summed E-state index contributed by atoms with van der Waals surface area (Å²) in [6.45, 7) is 0. The first-order valence-electron chi connectivity index (χ1n) is 8.08. The van der Waals surface area contributed by atoms with E-state index in [0.29, 0.717) is 0 Å². The van der Waals surface area contributed by atoms with Gasteiger partial charge in [0.15, 0.2) is 5.66 Å². The largest absolute Gasteiger partial charge is 0.342 e. The summed E-state index contributed by atoms with van der Waals surface area (Å²) < 4.78 is 0. The van der Waals surface area contributed by atoms with Gasteiger partial charge in [0.1, 0.15) is 0 Å². The molecular weight excluding hydrogens is 296 g/mol. The van der Waals surface area contributed by atoms with Crippen LogP contribution in [-0.4, -0.2) is 13.0 Å². The quantitative estimate of drug-likeness (QED) is 0.678. The fourth-order valence-corrected chi connectivity index (χ4v) is 4.24. The number of amides is 1. The summed E-state index contributed by atoms with van der Waals surface area (Å²) in [5, 5.41) is 0. The lowest BCUT2D eigenvalue weighted by molar-refractivity contribution is 0.0985. The van der Waals surface area contributed by atoms with Gasteiger partial charge < -0.3 is 4.90 Å². The van der Waals surface area contributed by atoms with Gasteiger partial charge in [0.2, 0.25) is 0 Å². The van der Waals surface area contributed by atoms with Crippen molar-refractivity contribution in [2.45, 2.75) is 5.66 Å². The van der Waals surface area contributed by atoms with Gasteiger partial charge in [-0.2, -0.15) is 0 Å². The molecule has 3 aromatic rings. The Morgan fingerprint density at radius 3 is 2.17 bits per heavy atom. The Bertz CT molecular complexity index is 966. The van der Waals surface area contributed by atoms with Gasteiger partial charge in [0.25, 0.3) is 5.91 Å². The third kappa shape index (κ3) is 1.36. The summed E-state index contributed by atoms with van der Waals surface area (Å²) >= 11 is 0. The van der Waals surface area contributed by atoms with Gasteiger partial charge >= 0.3 is 0 Å². The van der Waals surface area contributed by atoms with Crippen molar-refractivity contribution >= 4 is 17.3 Å². The van der Waals surface area contributed by atoms with E-state index in [0.717, 1.165) is 28.1 Å². The highest BCUT2D eigenvalue weighted by Crippen LogP contribution is 2.56. The molecule has 3 aromatic carbocycles. The number of para-hydroxylation sites is 2. The maximum Gasteiger partial charge on any atom is 0.261 e. The molecule has 1 amide bonds. The average molecular weight is 312 g/mol. The summed E-state index contributed by atoms with van der Waals surface area (Å²) in [6.07, 6.45) is 0. The smallest absolute Gasteiger partial charge is 0.261 e. The number of carbonyl (C=O) groups excluding carboxylic acids is 1. The van der Waals surface area contributed by atoms with Crippen LogP contribution in [-0.2, 0) is 5.66 Å². The Morgan fingerprint density at radius 1 is 0.750 bits per heavy atom. The first-order valence-corrected chi connectivity index (χ1v) is 8.08.